The lowest BCUT2D eigenvalue weighted by Crippen LogP contribution is -2.35. The molecule has 6 heteroatoms. The highest BCUT2D eigenvalue weighted by atomic mass is 35.5. The van der Waals surface area contributed by atoms with Crippen LogP contribution in [0.15, 0.2) is 48.8 Å². The smallest absolute Gasteiger partial charge is 0.241 e. The van der Waals surface area contributed by atoms with Crippen LogP contribution in [0, 0.1) is 0 Å². The second kappa shape index (κ2) is 7.77. The molecule has 0 unspecified atom stereocenters. The van der Waals surface area contributed by atoms with Gasteiger partial charge >= 0.3 is 0 Å². The third-order valence-corrected chi connectivity index (χ3v) is 3.37. The number of benzene rings is 1. The van der Waals surface area contributed by atoms with Crippen LogP contribution in [0.3, 0.4) is 0 Å². The first-order valence-corrected chi connectivity index (χ1v) is 7.03. The van der Waals surface area contributed by atoms with E-state index in [9.17, 15) is 4.79 Å². The van der Waals surface area contributed by atoms with Gasteiger partial charge in [0.2, 0.25) is 5.91 Å². The Morgan fingerprint density at radius 2 is 2.05 bits per heavy atom. The predicted octanol–water partition coefficient (Wildman–Crippen LogP) is 2.99. The van der Waals surface area contributed by atoms with Crippen LogP contribution >= 0.6 is 12.4 Å². The molecule has 5 nitrogen and oxygen atoms in total. The molecule has 1 amide bonds. The van der Waals surface area contributed by atoms with E-state index < -0.39 is 0 Å². The number of ether oxygens (including phenoxy) is 1. The number of halogens is 1. The summed E-state index contributed by atoms with van der Waals surface area (Å²) in [4.78, 5) is 16.0. The summed E-state index contributed by atoms with van der Waals surface area (Å²) in [6.07, 6.45) is 5.30. The molecule has 0 spiro atoms. The molecule has 1 aliphatic heterocycles. The highest BCUT2D eigenvalue weighted by Crippen LogP contribution is 2.22. The third-order valence-electron chi connectivity index (χ3n) is 3.37. The molecule has 1 atom stereocenters. The van der Waals surface area contributed by atoms with Gasteiger partial charge in [-0.2, -0.15) is 0 Å². The van der Waals surface area contributed by atoms with Gasteiger partial charge in [0.25, 0.3) is 0 Å². The zero-order valence-electron chi connectivity index (χ0n) is 12.0. The molecule has 0 aliphatic carbocycles. The van der Waals surface area contributed by atoms with E-state index >= 15 is 0 Å². The fourth-order valence-electron chi connectivity index (χ4n) is 2.29. The number of nitrogens with one attached hydrogen (secondary N) is 2. The van der Waals surface area contributed by atoms with Gasteiger partial charge in [-0.05, 0) is 55.8 Å². The molecule has 0 bridgehead atoms. The lowest BCUT2D eigenvalue weighted by atomic mass is 10.2. The van der Waals surface area contributed by atoms with Gasteiger partial charge < -0.3 is 15.4 Å². The molecule has 2 heterocycles. The van der Waals surface area contributed by atoms with E-state index in [2.05, 4.69) is 15.6 Å². The summed E-state index contributed by atoms with van der Waals surface area (Å²) in [5.74, 6) is 1.41. The normalized spacial score (nSPS) is 16.6. The minimum Gasteiger partial charge on any atom is -0.456 e. The maximum Gasteiger partial charge on any atom is 0.241 e. The van der Waals surface area contributed by atoms with Crippen molar-refractivity contribution in [2.45, 2.75) is 18.9 Å². The molecule has 1 aromatic carbocycles. The molecule has 2 N–H and O–H groups in total. The fourth-order valence-corrected chi connectivity index (χ4v) is 2.29. The van der Waals surface area contributed by atoms with Crippen molar-refractivity contribution in [3.8, 4) is 11.5 Å². The quantitative estimate of drug-likeness (QED) is 0.909. The summed E-state index contributed by atoms with van der Waals surface area (Å²) in [5.41, 5.74) is 0.771. The molecule has 1 saturated heterocycles. The number of anilines is 1. The van der Waals surface area contributed by atoms with Gasteiger partial charge in [0.15, 0.2) is 0 Å². The van der Waals surface area contributed by atoms with Crippen LogP contribution in [0.1, 0.15) is 12.8 Å². The maximum absolute atomic E-state index is 12.0. The highest BCUT2D eigenvalue weighted by molar-refractivity contribution is 5.95. The summed E-state index contributed by atoms with van der Waals surface area (Å²) in [6.45, 7) is 0.913. The van der Waals surface area contributed by atoms with E-state index in [4.69, 9.17) is 4.74 Å². The minimum atomic E-state index is -0.0729. The van der Waals surface area contributed by atoms with Crippen LogP contribution in [0.4, 0.5) is 5.69 Å². The Hall–Kier alpha value is -2.11. The number of rotatable bonds is 4. The average molecular weight is 320 g/mol. The number of hydrogen-bond acceptors (Lipinski definition) is 4. The van der Waals surface area contributed by atoms with Crippen LogP contribution < -0.4 is 15.4 Å². The van der Waals surface area contributed by atoms with Crippen molar-refractivity contribution >= 4 is 24.0 Å². The molecule has 1 aromatic heterocycles. The van der Waals surface area contributed by atoms with E-state index in [1.54, 1.807) is 12.4 Å². The van der Waals surface area contributed by atoms with Gasteiger partial charge in [-0.15, -0.1) is 12.4 Å². The standard InChI is InChI=1S/C16H17N3O2.ClH/c20-16(15-4-2-10-18-15)19-12-5-7-13(8-6-12)21-14-3-1-9-17-11-14;/h1,3,5-9,11,15,18H,2,4,10H2,(H,19,20);1H/t15-;/m1./s1. The molecule has 1 fully saturated rings. The Labute approximate surface area is 135 Å². The Balaban J connectivity index is 0.00000176. The molecular weight excluding hydrogens is 302 g/mol. The minimum absolute atomic E-state index is 0. The summed E-state index contributed by atoms with van der Waals surface area (Å²) in [5, 5.41) is 6.08. The number of hydrogen-bond donors (Lipinski definition) is 2. The number of pyridine rings is 1. The lowest BCUT2D eigenvalue weighted by molar-refractivity contribution is -0.117. The van der Waals surface area contributed by atoms with Gasteiger partial charge in [-0.25, -0.2) is 0 Å². The molecule has 22 heavy (non-hydrogen) atoms. The van der Waals surface area contributed by atoms with Gasteiger partial charge in [-0.3, -0.25) is 9.78 Å². The number of nitrogens with zero attached hydrogens (tertiary/aromatic N) is 1. The van der Waals surface area contributed by atoms with Crippen LogP contribution in [0.25, 0.3) is 0 Å². The Morgan fingerprint density at radius 1 is 1.23 bits per heavy atom. The summed E-state index contributed by atoms with van der Waals surface area (Å²) in [7, 11) is 0. The zero-order valence-corrected chi connectivity index (χ0v) is 12.8. The first-order valence-electron chi connectivity index (χ1n) is 7.03. The average Bonchev–Trinajstić information content (AvgIpc) is 3.05. The van der Waals surface area contributed by atoms with Crippen molar-refractivity contribution in [1.82, 2.24) is 10.3 Å². The predicted molar refractivity (Wildman–Crippen MR) is 87.7 cm³/mol. The fraction of sp³-hybridized carbons (Fsp3) is 0.250. The van der Waals surface area contributed by atoms with Crippen molar-refractivity contribution in [3.63, 3.8) is 0 Å². The van der Waals surface area contributed by atoms with Crippen LogP contribution in [-0.4, -0.2) is 23.5 Å². The Kier molecular flexibility index (Phi) is 5.75. The zero-order chi connectivity index (χ0) is 14.5. The molecule has 0 saturated carbocycles. The van der Waals surface area contributed by atoms with E-state index in [-0.39, 0.29) is 24.4 Å². The monoisotopic (exact) mass is 319 g/mol. The molecule has 1 aliphatic rings. The highest BCUT2D eigenvalue weighted by Gasteiger charge is 2.21. The maximum atomic E-state index is 12.0. The number of carbonyl (C=O) groups excluding carboxylic acids is 1. The topological polar surface area (TPSA) is 63.2 Å². The van der Waals surface area contributed by atoms with E-state index in [1.807, 2.05) is 36.4 Å². The number of carbonyl (C=O) groups is 1. The van der Waals surface area contributed by atoms with Gasteiger partial charge in [0.05, 0.1) is 12.2 Å². The first kappa shape index (κ1) is 16.3. The van der Waals surface area contributed by atoms with E-state index in [0.717, 1.165) is 25.1 Å². The van der Waals surface area contributed by atoms with Gasteiger partial charge in [0, 0.05) is 11.9 Å². The molecule has 116 valence electrons. The summed E-state index contributed by atoms with van der Waals surface area (Å²) >= 11 is 0. The van der Waals surface area contributed by atoms with Crippen molar-refractivity contribution < 1.29 is 9.53 Å². The van der Waals surface area contributed by atoms with Crippen molar-refractivity contribution in [3.05, 3.63) is 48.8 Å². The summed E-state index contributed by atoms with van der Waals surface area (Å²) in [6, 6.07) is 10.9. The molecule has 2 aromatic rings. The van der Waals surface area contributed by atoms with Crippen molar-refractivity contribution in [2.24, 2.45) is 0 Å². The van der Waals surface area contributed by atoms with E-state index in [0.29, 0.717) is 11.5 Å². The van der Waals surface area contributed by atoms with Crippen LogP contribution in [-0.2, 0) is 4.79 Å². The van der Waals surface area contributed by atoms with Gasteiger partial charge in [0.1, 0.15) is 11.5 Å². The van der Waals surface area contributed by atoms with Crippen molar-refractivity contribution in [1.29, 1.82) is 0 Å². The van der Waals surface area contributed by atoms with Crippen molar-refractivity contribution in [2.75, 3.05) is 11.9 Å². The van der Waals surface area contributed by atoms with E-state index in [1.165, 1.54) is 0 Å². The molecular formula is C16H18ClN3O2. The Morgan fingerprint density at radius 3 is 2.68 bits per heavy atom. The molecule has 3 rings (SSSR count). The van der Waals surface area contributed by atoms with Crippen LogP contribution in [0.5, 0.6) is 11.5 Å². The SMILES string of the molecule is Cl.O=C(Nc1ccc(Oc2cccnc2)cc1)[C@H]1CCCN1. The summed E-state index contributed by atoms with van der Waals surface area (Å²) < 4.78 is 5.65. The Bertz CT molecular complexity index is 599. The lowest BCUT2D eigenvalue weighted by Gasteiger charge is -2.11. The number of aromatic nitrogens is 1. The second-order valence-corrected chi connectivity index (χ2v) is 4.95. The van der Waals surface area contributed by atoms with Gasteiger partial charge in [-0.1, -0.05) is 0 Å². The second-order valence-electron chi connectivity index (χ2n) is 4.95. The number of amides is 1. The largest absolute Gasteiger partial charge is 0.456 e. The van der Waals surface area contributed by atoms with Crippen LogP contribution in [0.2, 0.25) is 0 Å². The molecule has 0 radical (unpaired) electrons. The first-order chi connectivity index (χ1) is 10.3. The third kappa shape index (κ3) is 4.19.